The Morgan fingerprint density at radius 3 is 2.53 bits per heavy atom. The van der Waals surface area contributed by atoms with Gasteiger partial charge in [0.1, 0.15) is 6.26 Å². The molecule has 102 valence electrons. The standard InChI is InChI=1S/C14H17NO4/c1-3-19-14(18)13(9-16)15(10-17)11(2)12-7-5-4-6-8-12/h4-11,16H,3H2,1-2H3/b13-9+/t11-/m0/s1. The minimum absolute atomic E-state index is 0.169. The van der Waals surface area contributed by atoms with Crippen LogP contribution in [0.15, 0.2) is 42.3 Å². The van der Waals surface area contributed by atoms with Crippen molar-refractivity contribution < 1.29 is 19.4 Å². The summed E-state index contributed by atoms with van der Waals surface area (Å²) in [7, 11) is 0. The number of hydrogen-bond acceptors (Lipinski definition) is 4. The zero-order valence-electron chi connectivity index (χ0n) is 10.9. The van der Waals surface area contributed by atoms with E-state index in [0.29, 0.717) is 12.7 Å². The zero-order chi connectivity index (χ0) is 14.3. The van der Waals surface area contributed by atoms with Crippen LogP contribution in [0.25, 0.3) is 0 Å². The normalized spacial score (nSPS) is 12.6. The van der Waals surface area contributed by atoms with Crippen molar-refractivity contribution in [3.8, 4) is 0 Å². The molecular formula is C14H17NO4. The fraction of sp³-hybridized carbons (Fsp3) is 0.286. The summed E-state index contributed by atoms with van der Waals surface area (Å²) in [5.74, 6) is -0.736. The Hall–Kier alpha value is -2.30. The number of esters is 1. The molecule has 0 saturated heterocycles. The van der Waals surface area contributed by atoms with Gasteiger partial charge in [-0.05, 0) is 19.4 Å². The van der Waals surface area contributed by atoms with Gasteiger partial charge in [-0.25, -0.2) is 4.79 Å². The number of aliphatic hydroxyl groups is 1. The molecule has 0 unspecified atom stereocenters. The molecule has 0 spiro atoms. The maximum absolute atomic E-state index is 11.7. The zero-order valence-corrected chi connectivity index (χ0v) is 10.9. The molecule has 19 heavy (non-hydrogen) atoms. The molecule has 1 rings (SSSR count). The quantitative estimate of drug-likeness (QED) is 0.369. The molecular weight excluding hydrogens is 246 g/mol. The monoisotopic (exact) mass is 263 g/mol. The molecule has 0 aliphatic rings. The van der Waals surface area contributed by atoms with Crippen LogP contribution in [0.5, 0.6) is 0 Å². The SMILES string of the molecule is CCOC(=O)/C(=C\O)N(C=O)[C@@H](C)c1ccccc1. The Morgan fingerprint density at radius 1 is 1.42 bits per heavy atom. The average molecular weight is 263 g/mol. The van der Waals surface area contributed by atoms with E-state index in [1.165, 1.54) is 0 Å². The summed E-state index contributed by atoms with van der Waals surface area (Å²) >= 11 is 0. The largest absolute Gasteiger partial charge is 0.513 e. The molecule has 0 aliphatic carbocycles. The number of benzene rings is 1. The summed E-state index contributed by atoms with van der Waals surface area (Å²) < 4.78 is 4.80. The van der Waals surface area contributed by atoms with Gasteiger partial charge in [0.25, 0.3) is 0 Å². The molecule has 0 heterocycles. The molecule has 1 N–H and O–H groups in total. The number of carbonyl (C=O) groups excluding carboxylic acids is 2. The maximum Gasteiger partial charge on any atom is 0.358 e. The van der Waals surface area contributed by atoms with Crippen LogP contribution >= 0.6 is 0 Å². The topological polar surface area (TPSA) is 66.8 Å². The number of amides is 1. The summed E-state index contributed by atoms with van der Waals surface area (Å²) in [6.07, 6.45) is 1.09. The molecule has 1 amide bonds. The minimum Gasteiger partial charge on any atom is -0.513 e. The lowest BCUT2D eigenvalue weighted by atomic mass is 10.1. The van der Waals surface area contributed by atoms with Crippen LogP contribution in [-0.4, -0.2) is 29.0 Å². The number of ether oxygens (including phenoxy) is 1. The van der Waals surface area contributed by atoms with E-state index < -0.39 is 5.97 Å². The molecule has 0 aliphatic heterocycles. The van der Waals surface area contributed by atoms with Gasteiger partial charge >= 0.3 is 5.97 Å². The lowest BCUT2D eigenvalue weighted by molar-refractivity contribution is -0.142. The second-order valence-corrected chi connectivity index (χ2v) is 3.83. The Morgan fingerprint density at radius 2 is 2.05 bits per heavy atom. The number of hydrogen-bond donors (Lipinski definition) is 1. The predicted molar refractivity (Wildman–Crippen MR) is 70.1 cm³/mol. The van der Waals surface area contributed by atoms with E-state index in [4.69, 9.17) is 9.84 Å². The smallest absolute Gasteiger partial charge is 0.358 e. The fourth-order valence-electron chi connectivity index (χ4n) is 1.68. The highest BCUT2D eigenvalue weighted by Gasteiger charge is 2.24. The van der Waals surface area contributed by atoms with Crippen molar-refractivity contribution in [1.82, 2.24) is 4.90 Å². The fourth-order valence-corrected chi connectivity index (χ4v) is 1.68. The van der Waals surface area contributed by atoms with E-state index in [2.05, 4.69) is 0 Å². The highest BCUT2D eigenvalue weighted by Crippen LogP contribution is 2.22. The van der Waals surface area contributed by atoms with Gasteiger partial charge in [-0.3, -0.25) is 9.69 Å². The van der Waals surface area contributed by atoms with E-state index in [-0.39, 0.29) is 18.3 Å². The number of aliphatic hydroxyl groups excluding tert-OH is 1. The maximum atomic E-state index is 11.7. The Labute approximate surface area is 112 Å². The van der Waals surface area contributed by atoms with Crippen molar-refractivity contribution in [3.05, 3.63) is 47.9 Å². The number of rotatable bonds is 6. The first-order chi connectivity index (χ1) is 9.15. The Bertz CT molecular complexity index is 456. The first-order valence-electron chi connectivity index (χ1n) is 5.95. The third-order valence-electron chi connectivity index (χ3n) is 2.70. The van der Waals surface area contributed by atoms with Crippen LogP contribution < -0.4 is 0 Å². The molecule has 1 aromatic rings. The first-order valence-corrected chi connectivity index (χ1v) is 5.95. The van der Waals surface area contributed by atoms with Crippen LogP contribution in [0.2, 0.25) is 0 Å². The van der Waals surface area contributed by atoms with Crippen molar-refractivity contribution >= 4 is 12.4 Å². The molecule has 0 radical (unpaired) electrons. The van der Waals surface area contributed by atoms with Gasteiger partial charge in [0.05, 0.1) is 12.6 Å². The van der Waals surface area contributed by atoms with Gasteiger partial charge in [0.2, 0.25) is 6.41 Å². The van der Waals surface area contributed by atoms with Crippen molar-refractivity contribution in [2.45, 2.75) is 19.9 Å². The summed E-state index contributed by atoms with van der Waals surface area (Å²) in [6, 6.07) is 8.81. The van der Waals surface area contributed by atoms with E-state index in [1.807, 2.05) is 30.3 Å². The van der Waals surface area contributed by atoms with Crippen molar-refractivity contribution in [1.29, 1.82) is 0 Å². The Kier molecular flexibility index (Phi) is 5.60. The van der Waals surface area contributed by atoms with Crippen LogP contribution in [0.3, 0.4) is 0 Å². The molecule has 1 atom stereocenters. The third kappa shape index (κ3) is 3.58. The highest BCUT2D eigenvalue weighted by atomic mass is 16.5. The van der Waals surface area contributed by atoms with Gasteiger partial charge in [0, 0.05) is 0 Å². The van der Waals surface area contributed by atoms with Gasteiger partial charge in [-0.1, -0.05) is 30.3 Å². The summed E-state index contributed by atoms with van der Waals surface area (Å²) in [5.41, 5.74) is 0.659. The van der Waals surface area contributed by atoms with Gasteiger partial charge in [-0.15, -0.1) is 0 Å². The van der Waals surface area contributed by atoms with Crippen LogP contribution in [0.4, 0.5) is 0 Å². The first kappa shape index (κ1) is 14.8. The van der Waals surface area contributed by atoms with Crippen LogP contribution in [0, 0.1) is 0 Å². The summed E-state index contributed by atoms with van der Waals surface area (Å²) in [4.78, 5) is 24.0. The lowest BCUT2D eigenvalue weighted by Gasteiger charge is -2.25. The Balaban J connectivity index is 2.99. The second-order valence-electron chi connectivity index (χ2n) is 3.83. The van der Waals surface area contributed by atoms with Gasteiger partial charge in [-0.2, -0.15) is 0 Å². The van der Waals surface area contributed by atoms with Crippen LogP contribution in [0.1, 0.15) is 25.5 Å². The van der Waals surface area contributed by atoms with Gasteiger partial charge < -0.3 is 9.84 Å². The van der Waals surface area contributed by atoms with E-state index >= 15 is 0 Å². The van der Waals surface area contributed by atoms with Gasteiger partial charge in [0.15, 0.2) is 5.70 Å². The second kappa shape index (κ2) is 7.20. The van der Waals surface area contributed by atoms with Crippen molar-refractivity contribution in [2.24, 2.45) is 0 Å². The average Bonchev–Trinajstić information content (AvgIpc) is 2.45. The summed E-state index contributed by atoms with van der Waals surface area (Å²) in [6.45, 7) is 3.58. The van der Waals surface area contributed by atoms with Crippen LogP contribution in [-0.2, 0) is 14.3 Å². The lowest BCUT2D eigenvalue weighted by Crippen LogP contribution is -2.30. The molecule has 5 heteroatoms. The minimum atomic E-state index is -0.736. The molecule has 5 nitrogen and oxygen atoms in total. The number of nitrogens with zero attached hydrogens (tertiary/aromatic N) is 1. The molecule has 0 saturated carbocycles. The van der Waals surface area contributed by atoms with E-state index in [9.17, 15) is 9.59 Å². The summed E-state index contributed by atoms with van der Waals surface area (Å²) in [5, 5.41) is 9.16. The van der Waals surface area contributed by atoms with Crippen molar-refractivity contribution in [3.63, 3.8) is 0 Å². The van der Waals surface area contributed by atoms with E-state index in [0.717, 1.165) is 10.5 Å². The molecule has 0 bridgehead atoms. The third-order valence-corrected chi connectivity index (χ3v) is 2.70. The van der Waals surface area contributed by atoms with E-state index in [1.54, 1.807) is 13.8 Å². The van der Waals surface area contributed by atoms with Crippen molar-refractivity contribution in [2.75, 3.05) is 6.61 Å². The number of carbonyl (C=O) groups is 2. The molecule has 0 aromatic heterocycles. The predicted octanol–water partition coefficient (Wildman–Crippen LogP) is 2.17. The molecule has 1 aromatic carbocycles. The molecule has 0 fully saturated rings. The highest BCUT2D eigenvalue weighted by molar-refractivity contribution is 5.90.